The summed E-state index contributed by atoms with van der Waals surface area (Å²) in [5.41, 5.74) is 1.08. The summed E-state index contributed by atoms with van der Waals surface area (Å²) in [6, 6.07) is 5.61. The van der Waals surface area contributed by atoms with Gasteiger partial charge in [0.05, 0.1) is 25.9 Å². The predicted octanol–water partition coefficient (Wildman–Crippen LogP) is 1.45. The van der Waals surface area contributed by atoms with Gasteiger partial charge < -0.3 is 19.9 Å². The lowest BCUT2D eigenvalue weighted by Gasteiger charge is -2.24. The van der Waals surface area contributed by atoms with Crippen LogP contribution in [0.1, 0.15) is 18.5 Å². The molecular weight excluding hydrogens is 206 g/mol. The second-order valence-corrected chi connectivity index (χ2v) is 3.74. The molecule has 4 heteroatoms. The van der Waals surface area contributed by atoms with Gasteiger partial charge in [-0.25, -0.2) is 0 Å². The fourth-order valence-electron chi connectivity index (χ4n) is 1.80. The third-order valence-corrected chi connectivity index (χ3v) is 2.61. The molecule has 0 aromatic heterocycles. The van der Waals surface area contributed by atoms with E-state index in [-0.39, 0.29) is 11.8 Å². The lowest BCUT2D eigenvalue weighted by Crippen LogP contribution is -2.34. The van der Waals surface area contributed by atoms with Gasteiger partial charge in [-0.2, -0.15) is 0 Å². The minimum atomic E-state index is 0.183. The van der Waals surface area contributed by atoms with Crippen LogP contribution in [0.3, 0.4) is 0 Å². The van der Waals surface area contributed by atoms with E-state index in [2.05, 4.69) is 5.32 Å². The molecule has 1 fully saturated rings. The maximum atomic E-state index is 9.59. The number of phenolic OH excluding ortho intramolecular Hbond substituents is 1. The topological polar surface area (TPSA) is 50.7 Å². The van der Waals surface area contributed by atoms with Crippen LogP contribution in [0.5, 0.6) is 11.5 Å². The maximum absolute atomic E-state index is 9.59. The first-order valence-corrected chi connectivity index (χ1v) is 5.58. The molecule has 4 nitrogen and oxygen atoms in total. The fourth-order valence-corrected chi connectivity index (χ4v) is 1.80. The third-order valence-electron chi connectivity index (χ3n) is 2.61. The van der Waals surface area contributed by atoms with E-state index in [4.69, 9.17) is 9.47 Å². The van der Waals surface area contributed by atoms with Gasteiger partial charge in [0.1, 0.15) is 0 Å². The molecule has 16 heavy (non-hydrogen) atoms. The van der Waals surface area contributed by atoms with Crippen molar-refractivity contribution in [3.05, 3.63) is 23.8 Å². The molecule has 2 rings (SSSR count). The van der Waals surface area contributed by atoms with Crippen molar-refractivity contribution < 1.29 is 14.6 Å². The Kier molecular flexibility index (Phi) is 3.64. The van der Waals surface area contributed by atoms with Gasteiger partial charge in [-0.15, -0.1) is 0 Å². The molecule has 1 heterocycles. The standard InChI is InChI=1S/C12H17NO3/c1-2-16-12-7-9(3-4-11(12)14)10-8-15-6-5-13-10/h3-4,7,10,13-14H,2,5-6,8H2,1H3/t10-/m1/s1. The van der Waals surface area contributed by atoms with Crippen LogP contribution in [-0.2, 0) is 4.74 Å². The maximum Gasteiger partial charge on any atom is 0.161 e. The first-order chi connectivity index (χ1) is 7.81. The Bertz CT molecular complexity index is 348. The Morgan fingerprint density at radius 1 is 1.56 bits per heavy atom. The Morgan fingerprint density at radius 3 is 3.12 bits per heavy atom. The predicted molar refractivity (Wildman–Crippen MR) is 60.8 cm³/mol. The molecule has 0 aliphatic carbocycles. The first-order valence-electron chi connectivity index (χ1n) is 5.58. The third kappa shape index (κ3) is 2.46. The van der Waals surface area contributed by atoms with Gasteiger partial charge in [-0.3, -0.25) is 0 Å². The van der Waals surface area contributed by atoms with Gasteiger partial charge in [-0.05, 0) is 24.6 Å². The summed E-state index contributed by atoms with van der Waals surface area (Å²) in [7, 11) is 0. The van der Waals surface area contributed by atoms with E-state index in [9.17, 15) is 5.11 Å². The number of morpholine rings is 1. The highest BCUT2D eigenvalue weighted by atomic mass is 16.5. The van der Waals surface area contributed by atoms with Gasteiger partial charge in [0, 0.05) is 6.54 Å². The van der Waals surface area contributed by atoms with Crippen LogP contribution in [0, 0.1) is 0 Å². The molecule has 1 saturated heterocycles. The summed E-state index contributed by atoms with van der Waals surface area (Å²) in [5.74, 6) is 0.717. The van der Waals surface area contributed by atoms with Crippen molar-refractivity contribution in [2.45, 2.75) is 13.0 Å². The molecule has 1 aromatic carbocycles. The zero-order valence-corrected chi connectivity index (χ0v) is 9.40. The number of rotatable bonds is 3. The average Bonchev–Trinajstić information content (AvgIpc) is 2.33. The number of nitrogens with one attached hydrogen (secondary N) is 1. The van der Waals surface area contributed by atoms with Crippen LogP contribution < -0.4 is 10.1 Å². The van der Waals surface area contributed by atoms with E-state index in [1.165, 1.54) is 0 Å². The van der Waals surface area contributed by atoms with Crippen LogP contribution in [0.2, 0.25) is 0 Å². The monoisotopic (exact) mass is 223 g/mol. The molecule has 0 radical (unpaired) electrons. The van der Waals surface area contributed by atoms with E-state index in [1.807, 2.05) is 19.1 Å². The Labute approximate surface area is 95.2 Å². The van der Waals surface area contributed by atoms with Gasteiger partial charge in [0.25, 0.3) is 0 Å². The molecule has 1 aromatic rings. The highest BCUT2D eigenvalue weighted by Gasteiger charge is 2.16. The van der Waals surface area contributed by atoms with Crippen LogP contribution in [0.15, 0.2) is 18.2 Å². The van der Waals surface area contributed by atoms with Crippen LogP contribution in [0.4, 0.5) is 0 Å². The van der Waals surface area contributed by atoms with E-state index >= 15 is 0 Å². The van der Waals surface area contributed by atoms with Crippen molar-refractivity contribution in [1.29, 1.82) is 0 Å². The summed E-state index contributed by atoms with van der Waals surface area (Å²) in [4.78, 5) is 0. The van der Waals surface area contributed by atoms with Crippen molar-refractivity contribution in [1.82, 2.24) is 5.32 Å². The summed E-state index contributed by atoms with van der Waals surface area (Å²) in [6.07, 6.45) is 0. The molecule has 0 amide bonds. The second kappa shape index (κ2) is 5.18. The van der Waals surface area contributed by atoms with E-state index in [1.54, 1.807) is 6.07 Å². The van der Waals surface area contributed by atoms with Gasteiger partial charge in [-0.1, -0.05) is 6.07 Å². The van der Waals surface area contributed by atoms with Crippen molar-refractivity contribution in [3.8, 4) is 11.5 Å². The molecule has 0 unspecified atom stereocenters. The SMILES string of the molecule is CCOc1cc([C@H]2COCCN2)ccc1O. The Hall–Kier alpha value is -1.26. The summed E-state index contributed by atoms with van der Waals surface area (Å²) in [5, 5.41) is 12.9. The average molecular weight is 223 g/mol. The Morgan fingerprint density at radius 2 is 2.44 bits per heavy atom. The lowest BCUT2D eigenvalue weighted by atomic mass is 10.1. The van der Waals surface area contributed by atoms with Gasteiger partial charge in [0.15, 0.2) is 11.5 Å². The molecule has 1 atom stereocenters. The van der Waals surface area contributed by atoms with Crippen LogP contribution in [-0.4, -0.2) is 31.5 Å². The molecule has 2 N–H and O–H groups in total. The normalized spacial score (nSPS) is 20.7. The van der Waals surface area contributed by atoms with Crippen molar-refractivity contribution in [2.75, 3.05) is 26.4 Å². The number of aromatic hydroxyl groups is 1. The van der Waals surface area contributed by atoms with Crippen LogP contribution in [0.25, 0.3) is 0 Å². The van der Waals surface area contributed by atoms with Crippen molar-refractivity contribution in [2.24, 2.45) is 0 Å². The molecule has 1 aliphatic rings. The summed E-state index contributed by atoms with van der Waals surface area (Å²) >= 11 is 0. The Balaban J connectivity index is 2.17. The fraction of sp³-hybridized carbons (Fsp3) is 0.500. The first kappa shape index (κ1) is 11.2. The van der Waals surface area contributed by atoms with Crippen molar-refractivity contribution >= 4 is 0 Å². The van der Waals surface area contributed by atoms with Crippen molar-refractivity contribution in [3.63, 3.8) is 0 Å². The van der Waals surface area contributed by atoms with E-state index in [0.717, 1.165) is 18.7 Å². The number of benzene rings is 1. The van der Waals surface area contributed by atoms with Gasteiger partial charge in [0.2, 0.25) is 0 Å². The van der Waals surface area contributed by atoms with Gasteiger partial charge >= 0.3 is 0 Å². The van der Waals surface area contributed by atoms with E-state index < -0.39 is 0 Å². The van der Waals surface area contributed by atoms with E-state index in [0.29, 0.717) is 19.0 Å². The minimum Gasteiger partial charge on any atom is -0.504 e. The molecule has 0 saturated carbocycles. The number of phenols is 1. The number of hydrogen-bond donors (Lipinski definition) is 2. The molecule has 1 aliphatic heterocycles. The molecular formula is C12H17NO3. The minimum absolute atomic E-state index is 0.183. The highest BCUT2D eigenvalue weighted by Crippen LogP contribution is 2.29. The molecule has 0 spiro atoms. The molecule has 0 bridgehead atoms. The van der Waals surface area contributed by atoms with Crippen LogP contribution >= 0.6 is 0 Å². The highest BCUT2D eigenvalue weighted by molar-refractivity contribution is 5.42. The molecule has 88 valence electrons. The quantitative estimate of drug-likeness (QED) is 0.814. The zero-order valence-electron chi connectivity index (χ0n) is 9.40. The summed E-state index contributed by atoms with van der Waals surface area (Å²) < 4.78 is 10.8. The lowest BCUT2D eigenvalue weighted by molar-refractivity contribution is 0.0768. The largest absolute Gasteiger partial charge is 0.504 e. The number of hydrogen-bond acceptors (Lipinski definition) is 4. The zero-order chi connectivity index (χ0) is 11.4. The summed E-state index contributed by atoms with van der Waals surface area (Å²) in [6.45, 7) is 4.72. The smallest absolute Gasteiger partial charge is 0.161 e. The number of ether oxygens (including phenoxy) is 2. The second-order valence-electron chi connectivity index (χ2n) is 3.74.